The highest BCUT2D eigenvalue weighted by molar-refractivity contribution is 7.22. The van der Waals surface area contributed by atoms with Crippen LogP contribution in [0, 0.1) is 5.82 Å². The Bertz CT molecular complexity index is 1100. The molecule has 0 atom stereocenters. The second-order valence-electron chi connectivity index (χ2n) is 5.26. The van der Waals surface area contributed by atoms with Crippen molar-refractivity contribution in [3.05, 3.63) is 52.2 Å². The maximum atomic E-state index is 13.4. The van der Waals surface area contributed by atoms with E-state index in [1.807, 2.05) is 6.07 Å². The van der Waals surface area contributed by atoms with Gasteiger partial charge in [0.25, 0.3) is 0 Å². The number of thiophene rings is 2. The zero-order valence-electron chi connectivity index (χ0n) is 12.5. The van der Waals surface area contributed by atoms with E-state index in [-0.39, 0.29) is 12.2 Å². The molecule has 0 unspecified atom stereocenters. The van der Waals surface area contributed by atoms with E-state index in [1.54, 1.807) is 18.2 Å². The largest absolute Gasteiger partial charge is 0.481 e. The van der Waals surface area contributed by atoms with Crippen molar-refractivity contribution in [3.63, 3.8) is 0 Å². The maximum Gasteiger partial charge on any atom is 0.309 e. The molecule has 0 saturated heterocycles. The van der Waals surface area contributed by atoms with Gasteiger partial charge in [-0.2, -0.15) is 0 Å². The minimum absolute atomic E-state index is 0.256. The third-order valence-electron chi connectivity index (χ3n) is 3.51. The van der Waals surface area contributed by atoms with E-state index < -0.39 is 5.97 Å². The Morgan fingerprint density at radius 1 is 1.20 bits per heavy atom. The lowest BCUT2D eigenvalue weighted by molar-refractivity contribution is -0.136. The molecule has 0 fully saturated rings. The van der Waals surface area contributed by atoms with Crippen molar-refractivity contribution in [2.45, 2.75) is 6.42 Å². The quantitative estimate of drug-likeness (QED) is 0.482. The molecule has 0 amide bonds. The van der Waals surface area contributed by atoms with Crippen LogP contribution in [0.4, 0.5) is 4.39 Å². The van der Waals surface area contributed by atoms with Gasteiger partial charge in [-0.05, 0) is 35.7 Å². The molecule has 3 heterocycles. The molecule has 3 aromatic heterocycles. The fraction of sp³-hybridized carbons (Fsp3) is 0.0588. The van der Waals surface area contributed by atoms with Crippen molar-refractivity contribution in [2.75, 3.05) is 0 Å². The summed E-state index contributed by atoms with van der Waals surface area (Å²) in [6.07, 6.45) is -0.256. The summed E-state index contributed by atoms with van der Waals surface area (Å²) in [6, 6.07) is 9.86. The van der Waals surface area contributed by atoms with Crippen LogP contribution in [0.1, 0.15) is 5.69 Å². The lowest BCUT2D eigenvalue weighted by Crippen LogP contribution is -2.01. The van der Waals surface area contributed by atoms with E-state index in [0.29, 0.717) is 31.4 Å². The number of fused-ring (bicyclic) bond motifs is 1. The molecule has 1 aromatic carbocycles. The molecule has 0 aliphatic rings. The number of carboxylic acid groups (broad SMARTS) is 1. The predicted molar refractivity (Wildman–Crippen MR) is 96.9 cm³/mol. The zero-order valence-corrected chi connectivity index (χ0v) is 14.8. The fourth-order valence-corrected chi connectivity index (χ4v) is 4.52. The molecule has 0 aliphatic heterocycles. The number of halogens is 2. The van der Waals surface area contributed by atoms with Crippen LogP contribution in [0.2, 0.25) is 4.34 Å². The van der Waals surface area contributed by atoms with Gasteiger partial charge in [-0.3, -0.25) is 4.79 Å². The van der Waals surface area contributed by atoms with Gasteiger partial charge in [0.2, 0.25) is 5.89 Å². The molecule has 4 rings (SSSR count). The van der Waals surface area contributed by atoms with Crippen LogP contribution < -0.4 is 0 Å². The molecule has 4 nitrogen and oxygen atoms in total. The van der Waals surface area contributed by atoms with Crippen molar-refractivity contribution >= 4 is 50.3 Å². The highest BCUT2D eigenvalue weighted by Gasteiger charge is 2.21. The van der Waals surface area contributed by atoms with Gasteiger partial charge in [0.1, 0.15) is 5.82 Å². The van der Waals surface area contributed by atoms with E-state index in [0.717, 1.165) is 10.1 Å². The van der Waals surface area contributed by atoms with E-state index in [2.05, 4.69) is 4.98 Å². The normalized spacial score (nSPS) is 11.3. The van der Waals surface area contributed by atoms with E-state index in [1.165, 1.54) is 34.8 Å². The van der Waals surface area contributed by atoms with Gasteiger partial charge < -0.3 is 9.52 Å². The second-order valence-corrected chi connectivity index (χ2v) is 8.06. The number of aliphatic carboxylic acids is 1. The van der Waals surface area contributed by atoms with Gasteiger partial charge in [-0.15, -0.1) is 22.7 Å². The smallest absolute Gasteiger partial charge is 0.309 e. The van der Waals surface area contributed by atoms with E-state index in [4.69, 9.17) is 21.1 Å². The fourth-order valence-electron chi connectivity index (χ4n) is 2.46. The van der Waals surface area contributed by atoms with Gasteiger partial charge in [0.05, 0.1) is 26.2 Å². The third kappa shape index (κ3) is 3.18. The van der Waals surface area contributed by atoms with Crippen molar-refractivity contribution in [2.24, 2.45) is 0 Å². The molecule has 4 aromatic rings. The number of rotatable bonds is 4. The van der Waals surface area contributed by atoms with Crippen LogP contribution in [0.5, 0.6) is 0 Å². The maximum absolute atomic E-state index is 13.4. The SMILES string of the molecule is O=C(O)Cc1nc(-c2cc3ccc(F)cc3s2)oc1-c1ccc(Cl)s1. The van der Waals surface area contributed by atoms with E-state index in [9.17, 15) is 9.18 Å². The summed E-state index contributed by atoms with van der Waals surface area (Å²) in [6.45, 7) is 0. The Morgan fingerprint density at radius 2 is 2.04 bits per heavy atom. The summed E-state index contributed by atoms with van der Waals surface area (Å²) < 4.78 is 20.6. The molecule has 8 heteroatoms. The minimum Gasteiger partial charge on any atom is -0.481 e. The summed E-state index contributed by atoms with van der Waals surface area (Å²) >= 11 is 8.60. The number of hydrogen-bond donors (Lipinski definition) is 1. The van der Waals surface area contributed by atoms with Gasteiger partial charge in [-0.25, -0.2) is 9.37 Å². The molecule has 0 radical (unpaired) electrons. The molecule has 1 N–H and O–H groups in total. The lowest BCUT2D eigenvalue weighted by atomic mass is 10.2. The average Bonchev–Trinajstić information content (AvgIpc) is 3.24. The topological polar surface area (TPSA) is 63.3 Å². The van der Waals surface area contributed by atoms with Crippen LogP contribution in [0.3, 0.4) is 0 Å². The first-order chi connectivity index (χ1) is 12.0. The van der Waals surface area contributed by atoms with E-state index >= 15 is 0 Å². The summed E-state index contributed by atoms with van der Waals surface area (Å²) in [5.41, 5.74) is 0.338. The Hall–Kier alpha value is -2.22. The van der Waals surface area contributed by atoms with Crippen LogP contribution >= 0.6 is 34.3 Å². The number of carbonyl (C=O) groups is 1. The first-order valence-corrected chi connectivity index (χ1v) is 9.17. The Morgan fingerprint density at radius 3 is 2.76 bits per heavy atom. The standard InChI is InChI=1S/C17H9ClFNO3S2/c18-14-4-3-11(25-14)16-10(7-15(21)22)20-17(23-16)13-5-8-1-2-9(19)6-12(8)24-13/h1-6H,7H2,(H,21,22). The summed E-state index contributed by atoms with van der Waals surface area (Å²) in [5, 5.41) is 10.00. The highest BCUT2D eigenvalue weighted by atomic mass is 35.5. The number of carboxylic acids is 1. The van der Waals surface area contributed by atoms with Crippen LogP contribution in [0.15, 0.2) is 40.8 Å². The van der Waals surface area contributed by atoms with Crippen LogP contribution in [0.25, 0.3) is 31.5 Å². The van der Waals surface area contributed by atoms with Crippen molar-refractivity contribution in [1.82, 2.24) is 4.98 Å². The van der Waals surface area contributed by atoms with Crippen molar-refractivity contribution < 1.29 is 18.7 Å². The Labute approximate surface area is 154 Å². The summed E-state index contributed by atoms with van der Waals surface area (Å²) in [5.74, 6) is -0.591. The summed E-state index contributed by atoms with van der Waals surface area (Å²) in [4.78, 5) is 16.9. The third-order valence-corrected chi connectivity index (χ3v) is 5.82. The number of aromatic nitrogens is 1. The van der Waals surface area contributed by atoms with Crippen LogP contribution in [-0.4, -0.2) is 16.1 Å². The zero-order chi connectivity index (χ0) is 17.6. The van der Waals surface area contributed by atoms with Crippen LogP contribution in [-0.2, 0) is 11.2 Å². The number of hydrogen-bond acceptors (Lipinski definition) is 5. The molecule has 126 valence electrons. The number of benzene rings is 1. The van der Waals surface area contributed by atoms with Gasteiger partial charge >= 0.3 is 5.97 Å². The molecular formula is C17H9ClFNO3S2. The minimum atomic E-state index is -0.998. The summed E-state index contributed by atoms with van der Waals surface area (Å²) in [7, 11) is 0. The number of oxazole rings is 1. The van der Waals surface area contributed by atoms with Gasteiger partial charge in [0, 0.05) is 4.70 Å². The molecule has 0 bridgehead atoms. The lowest BCUT2D eigenvalue weighted by Gasteiger charge is -1.94. The molecular weight excluding hydrogens is 385 g/mol. The molecule has 0 saturated carbocycles. The highest BCUT2D eigenvalue weighted by Crippen LogP contribution is 2.39. The molecule has 0 spiro atoms. The van der Waals surface area contributed by atoms with Crippen molar-refractivity contribution in [1.29, 1.82) is 0 Å². The molecule has 0 aliphatic carbocycles. The monoisotopic (exact) mass is 393 g/mol. The van der Waals surface area contributed by atoms with Gasteiger partial charge in [0.15, 0.2) is 5.76 Å². The Kier molecular flexibility index (Phi) is 4.07. The first kappa shape index (κ1) is 16.3. The first-order valence-electron chi connectivity index (χ1n) is 7.16. The Balaban J connectivity index is 1.83. The van der Waals surface area contributed by atoms with Gasteiger partial charge in [-0.1, -0.05) is 17.7 Å². The second kappa shape index (κ2) is 6.25. The molecule has 25 heavy (non-hydrogen) atoms. The number of nitrogens with zero attached hydrogens (tertiary/aromatic N) is 1. The average molecular weight is 394 g/mol. The van der Waals surface area contributed by atoms with Crippen molar-refractivity contribution in [3.8, 4) is 21.4 Å². The predicted octanol–water partition coefficient (Wildman–Crippen LogP) is 5.70.